The molecule has 0 aromatic heterocycles. The monoisotopic (exact) mass is 329 g/mol. The number of nitrogens with zero attached hydrogens (tertiary/aromatic N) is 1. The lowest BCUT2D eigenvalue weighted by Crippen LogP contribution is -2.33. The molecule has 1 N–H and O–H groups in total. The highest BCUT2D eigenvalue weighted by Crippen LogP contribution is 2.50. The molecule has 24 heavy (non-hydrogen) atoms. The van der Waals surface area contributed by atoms with E-state index in [1.54, 1.807) is 7.11 Å². The molecule has 1 saturated heterocycles. The van der Waals surface area contributed by atoms with Crippen LogP contribution in [0.3, 0.4) is 0 Å². The normalized spacial score (nSPS) is 29.2. The van der Waals surface area contributed by atoms with Gasteiger partial charge in [0.15, 0.2) is 11.5 Å². The number of allylic oxidation sites excluding steroid dienone is 1. The number of hydrogen-bond donors (Lipinski definition) is 1. The van der Waals surface area contributed by atoms with E-state index in [1.165, 1.54) is 24.1 Å². The third-order valence-corrected chi connectivity index (χ3v) is 5.88. The van der Waals surface area contributed by atoms with Gasteiger partial charge >= 0.3 is 0 Å². The van der Waals surface area contributed by atoms with E-state index in [0.717, 1.165) is 49.8 Å². The minimum Gasteiger partial charge on any atom is -0.493 e. The maximum absolute atomic E-state index is 10.1. The molecule has 3 aliphatic rings. The van der Waals surface area contributed by atoms with Gasteiger partial charge in [0.1, 0.15) is 0 Å². The van der Waals surface area contributed by atoms with E-state index in [1.807, 2.05) is 12.1 Å². The van der Waals surface area contributed by atoms with Gasteiger partial charge < -0.3 is 19.5 Å². The minimum absolute atomic E-state index is 0.0118. The van der Waals surface area contributed by atoms with E-state index in [9.17, 15) is 5.11 Å². The topological polar surface area (TPSA) is 41.9 Å². The standard InChI is InChI=1S/C20H27NO3/c1-21-10-9-20(8-7-16(22)12-19(20)21)15-5-6-17(23-2)18(11-15)24-13-14-3-4-14/h5-6,11-12,14,16,22H,3-4,7-10,13H2,1-2H3/t16-,20-/m0/s1. The highest BCUT2D eigenvalue weighted by atomic mass is 16.5. The zero-order valence-corrected chi connectivity index (χ0v) is 14.6. The Hall–Kier alpha value is -1.68. The third kappa shape index (κ3) is 2.67. The molecule has 2 aliphatic carbocycles. The highest BCUT2D eigenvalue weighted by molar-refractivity contribution is 5.49. The molecule has 1 heterocycles. The van der Waals surface area contributed by atoms with Crippen LogP contribution >= 0.6 is 0 Å². The largest absolute Gasteiger partial charge is 0.493 e. The van der Waals surface area contributed by atoms with Crippen molar-refractivity contribution < 1.29 is 14.6 Å². The molecule has 0 spiro atoms. The average molecular weight is 329 g/mol. The molecule has 130 valence electrons. The summed E-state index contributed by atoms with van der Waals surface area (Å²) in [5, 5.41) is 10.1. The number of aliphatic hydroxyl groups excluding tert-OH is 1. The van der Waals surface area contributed by atoms with Crippen molar-refractivity contribution in [3.8, 4) is 11.5 Å². The quantitative estimate of drug-likeness (QED) is 0.901. The van der Waals surface area contributed by atoms with Gasteiger partial charge in [-0.2, -0.15) is 0 Å². The van der Waals surface area contributed by atoms with Gasteiger partial charge in [0.05, 0.1) is 19.8 Å². The average Bonchev–Trinajstić information content (AvgIpc) is 3.37. The van der Waals surface area contributed by atoms with E-state index in [2.05, 4.69) is 24.1 Å². The second-order valence-electron chi connectivity index (χ2n) is 7.53. The molecule has 2 atom stereocenters. The Balaban J connectivity index is 1.69. The van der Waals surface area contributed by atoms with Gasteiger partial charge in [-0.05, 0) is 61.8 Å². The van der Waals surface area contributed by atoms with E-state index in [4.69, 9.17) is 9.47 Å². The van der Waals surface area contributed by atoms with Crippen LogP contribution in [-0.2, 0) is 5.41 Å². The van der Waals surface area contributed by atoms with Gasteiger partial charge in [0, 0.05) is 24.7 Å². The Kier molecular flexibility index (Phi) is 3.95. The molecular weight excluding hydrogens is 302 g/mol. The van der Waals surface area contributed by atoms with Crippen molar-refractivity contribution in [1.82, 2.24) is 4.90 Å². The number of hydrogen-bond acceptors (Lipinski definition) is 4. The van der Waals surface area contributed by atoms with E-state index < -0.39 is 0 Å². The Bertz CT molecular complexity index is 652. The molecule has 1 aromatic carbocycles. The number of methoxy groups -OCH3 is 1. The highest BCUT2D eigenvalue weighted by Gasteiger charge is 2.45. The molecule has 4 heteroatoms. The number of fused-ring (bicyclic) bond motifs is 1. The van der Waals surface area contributed by atoms with Crippen LogP contribution in [0.25, 0.3) is 0 Å². The number of benzene rings is 1. The fourth-order valence-electron chi connectivity index (χ4n) is 4.19. The first-order valence-corrected chi connectivity index (χ1v) is 9.05. The Morgan fingerprint density at radius 3 is 2.79 bits per heavy atom. The van der Waals surface area contributed by atoms with Crippen molar-refractivity contribution in [3.63, 3.8) is 0 Å². The first kappa shape index (κ1) is 15.8. The first-order chi connectivity index (χ1) is 11.6. The molecule has 4 rings (SSSR count). The van der Waals surface area contributed by atoms with Crippen molar-refractivity contribution in [2.24, 2.45) is 5.92 Å². The summed E-state index contributed by atoms with van der Waals surface area (Å²) in [5.74, 6) is 2.38. The lowest BCUT2D eigenvalue weighted by molar-refractivity contribution is 0.181. The van der Waals surface area contributed by atoms with Crippen molar-refractivity contribution in [1.29, 1.82) is 0 Å². The minimum atomic E-state index is -0.322. The van der Waals surface area contributed by atoms with Crippen LogP contribution in [0.1, 0.15) is 37.7 Å². The first-order valence-electron chi connectivity index (χ1n) is 9.05. The maximum atomic E-state index is 10.1. The molecule has 0 radical (unpaired) electrons. The summed E-state index contributed by atoms with van der Waals surface area (Å²) in [4.78, 5) is 2.29. The molecular formula is C20H27NO3. The molecule has 1 aromatic rings. The summed E-state index contributed by atoms with van der Waals surface area (Å²) in [6.45, 7) is 1.82. The van der Waals surface area contributed by atoms with Crippen molar-refractivity contribution in [3.05, 3.63) is 35.5 Å². The molecule has 4 nitrogen and oxygen atoms in total. The van der Waals surface area contributed by atoms with Crippen LogP contribution in [0.4, 0.5) is 0 Å². The van der Waals surface area contributed by atoms with Crippen molar-refractivity contribution in [2.75, 3.05) is 27.3 Å². The van der Waals surface area contributed by atoms with Crippen LogP contribution in [0, 0.1) is 5.92 Å². The van der Waals surface area contributed by atoms with Crippen LogP contribution < -0.4 is 9.47 Å². The van der Waals surface area contributed by atoms with Crippen molar-refractivity contribution >= 4 is 0 Å². The summed E-state index contributed by atoms with van der Waals surface area (Å²) in [7, 11) is 3.82. The predicted molar refractivity (Wildman–Crippen MR) is 93.5 cm³/mol. The van der Waals surface area contributed by atoms with Crippen molar-refractivity contribution in [2.45, 2.75) is 43.6 Å². The lowest BCUT2D eigenvalue weighted by atomic mass is 9.70. The lowest BCUT2D eigenvalue weighted by Gasteiger charge is -2.37. The summed E-state index contributed by atoms with van der Waals surface area (Å²) >= 11 is 0. The number of rotatable bonds is 5. The number of likely N-dealkylation sites (N-methyl/N-ethyl adjacent to an activating group) is 1. The SMILES string of the molecule is COc1ccc([C@@]23CC[C@H](O)C=C2N(C)CC3)cc1OCC1CC1. The molecule has 0 amide bonds. The Labute approximate surface area is 144 Å². The van der Waals surface area contributed by atoms with Gasteiger partial charge in [0.2, 0.25) is 0 Å². The third-order valence-electron chi connectivity index (χ3n) is 5.88. The van der Waals surface area contributed by atoms with Gasteiger partial charge in [0.25, 0.3) is 0 Å². The van der Waals surface area contributed by atoms with Gasteiger partial charge in [-0.15, -0.1) is 0 Å². The zero-order chi connectivity index (χ0) is 16.7. The van der Waals surface area contributed by atoms with Crippen LogP contribution in [0.5, 0.6) is 11.5 Å². The summed E-state index contributed by atoms with van der Waals surface area (Å²) < 4.78 is 11.6. The van der Waals surface area contributed by atoms with E-state index in [0.29, 0.717) is 0 Å². The number of likely N-dealkylation sites (tertiary alicyclic amines) is 1. The van der Waals surface area contributed by atoms with Gasteiger partial charge in [-0.25, -0.2) is 0 Å². The summed E-state index contributed by atoms with van der Waals surface area (Å²) in [6.07, 6.45) is 7.18. The fourth-order valence-corrected chi connectivity index (χ4v) is 4.19. The summed E-state index contributed by atoms with van der Waals surface area (Å²) in [6, 6.07) is 6.38. The van der Waals surface area contributed by atoms with Crippen LogP contribution in [0.2, 0.25) is 0 Å². The Morgan fingerprint density at radius 1 is 1.21 bits per heavy atom. The number of ether oxygens (including phenoxy) is 2. The second-order valence-corrected chi connectivity index (χ2v) is 7.53. The number of aliphatic hydroxyl groups is 1. The van der Waals surface area contributed by atoms with E-state index in [-0.39, 0.29) is 11.5 Å². The smallest absolute Gasteiger partial charge is 0.161 e. The van der Waals surface area contributed by atoms with Crippen LogP contribution in [0.15, 0.2) is 30.0 Å². The van der Waals surface area contributed by atoms with Crippen LogP contribution in [-0.4, -0.2) is 43.4 Å². The van der Waals surface area contributed by atoms with Gasteiger partial charge in [-0.3, -0.25) is 0 Å². The molecule has 1 aliphatic heterocycles. The molecule has 0 bridgehead atoms. The molecule has 0 unspecified atom stereocenters. The second kappa shape index (κ2) is 5.99. The fraction of sp³-hybridized carbons (Fsp3) is 0.600. The molecule has 1 saturated carbocycles. The van der Waals surface area contributed by atoms with E-state index >= 15 is 0 Å². The predicted octanol–water partition coefficient (Wildman–Crippen LogP) is 3.10. The molecule has 2 fully saturated rings. The Morgan fingerprint density at radius 2 is 2.04 bits per heavy atom. The zero-order valence-electron chi connectivity index (χ0n) is 14.6. The summed E-state index contributed by atoms with van der Waals surface area (Å²) in [5.41, 5.74) is 2.56. The van der Waals surface area contributed by atoms with Gasteiger partial charge in [-0.1, -0.05) is 6.07 Å². The maximum Gasteiger partial charge on any atom is 0.161 e.